The molecule has 23 heavy (non-hydrogen) atoms. The molecule has 0 spiro atoms. The lowest BCUT2D eigenvalue weighted by Crippen LogP contribution is -2.13. The van der Waals surface area contributed by atoms with E-state index in [-0.39, 0.29) is 11.7 Å². The highest BCUT2D eigenvalue weighted by atomic mass is 32.2. The standard InChI is InChI=1S/C16H15N3O3S/c1-10-3-8-13-15(17-10)19-16(22-13)23-9-14(20)18-11-4-6-12(21-2)7-5-11/h3-8H,9H2,1-2H3,(H,18,20). The number of carbonyl (C=O) groups excluding carboxylic acids is 1. The van der Waals surface area contributed by atoms with E-state index in [1.54, 1.807) is 31.4 Å². The number of amides is 1. The molecule has 1 aromatic carbocycles. The number of nitrogens with zero attached hydrogens (tertiary/aromatic N) is 2. The molecule has 3 rings (SSSR count). The van der Waals surface area contributed by atoms with Gasteiger partial charge in [-0.15, -0.1) is 0 Å². The number of methoxy groups -OCH3 is 1. The third kappa shape index (κ3) is 3.81. The summed E-state index contributed by atoms with van der Waals surface area (Å²) in [6.07, 6.45) is 0. The zero-order valence-corrected chi connectivity index (χ0v) is 13.5. The Morgan fingerprint density at radius 3 is 2.74 bits per heavy atom. The van der Waals surface area contributed by atoms with E-state index in [2.05, 4.69) is 15.3 Å². The van der Waals surface area contributed by atoms with E-state index in [4.69, 9.17) is 9.15 Å². The number of pyridine rings is 1. The highest BCUT2D eigenvalue weighted by Gasteiger charge is 2.10. The molecular formula is C16H15N3O3S. The zero-order valence-electron chi connectivity index (χ0n) is 12.7. The molecule has 2 aromatic heterocycles. The largest absolute Gasteiger partial charge is 0.497 e. The van der Waals surface area contributed by atoms with Crippen molar-refractivity contribution in [3.8, 4) is 5.75 Å². The Kier molecular flexibility index (Phi) is 4.47. The summed E-state index contributed by atoms with van der Waals surface area (Å²) in [6, 6.07) is 10.8. The predicted molar refractivity (Wildman–Crippen MR) is 88.9 cm³/mol. The lowest BCUT2D eigenvalue weighted by Gasteiger charge is -2.05. The lowest BCUT2D eigenvalue weighted by atomic mass is 10.3. The number of carbonyl (C=O) groups is 1. The van der Waals surface area contributed by atoms with Crippen LogP contribution in [0.1, 0.15) is 5.69 Å². The minimum Gasteiger partial charge on any atom is -0.497 e. The summed E-state index contributed by atoms with van der Waals surface area (Å²) in [4.78, 5) is 20.5. The smallest absolute Gasteiger partial charge is 0.258 e. The van der Waals surface area contributed by atoms with Gasteiger partial charge in [0, 0.05) is 11.4 Å². The quantitative estimate of drug-likeness (QED) is 0.724. The molecule has 0 radical (unpaired) electrons. The molecular weight excluding hydrogens is 314 g/mol. The van der Waals surface area contributed by atoms with Crippen molar-refractivity contribution in [2.24, 2.45) is 0 Å². The fourth-order valence-corrected chi connectivity index (χ4v) is 2.58. The SMILES string of the molecule is COc1ccc(NC(=O)CSc2nc3nc(C)ccc3o2)cc1. The number of anilines is 1. The van der Waals surface area contributed by atoms with E-state index in [9.17, 15) is 4.79 Å². The van der Waals surface area contributed by atoms with Gasteiger partial charge >= 0.3 is 0 Å². The van der Waals surface area contributed by atoms with Crippen molar-refractivity contribution in [1.29, 1.82) is 0 Å². The molecule has 1 amide bonds. The average molecular weight is 329 g/mol. The maximum Gasteiger partial charge on any atom is 0.258 e. The van der Waals surface area contributed by atoms with Crippen molar-refractivity contribution < 1.29 is 13.9 Å². The second kappa shape index (κ2) is 6.70. The number of hydrogen-bond donors (Lipinski definition) is 1. The zero-order chi connectivity index (χ0) is 16.2. The van der Waals surface area contributed by atoms with E-state index >= 15 is 0 Å². The van der Waals surface area contributed by atoms with Gasteiger partial charge in [0.15, 0.2) is 11.2 Å². The minimum atomic E-state index is -0.133. The van der Waals surface area contributed by atoms with Crippen molar-refractivity contribution >= 4 is 34.6 Å². The second-order valence-electron chi connectivity index (χ2n) is 4.82. The number of aromatic nitrogens is 2. The molecule has 0 unspecified atom stereocenters. The molecule has 6 nitrogen and oxygen atoms in total. The molecule has 7 heteroatoms. The maximum atomic E-state index is 12.0. The molecule has 0 saturated heterocycles. The van der Waals surface area contributed by atoms with Crippen molar-refractivity contribution in [3.63, 3.8) is 0 Å². The Hall–Kier alpha value is -2.54. The first-order valence-electron chi connectivity index (χ1n) is 6.95. The van der Waals surface area contributed by atoms with Gasteiger partial charge in [-0.1, -0.05) is 11.8 Å². The van der Waals surface area contributed by atoms with Gasteiger partial charge in [-0.3, -0.25) is 4.79 Å². The lowest BCUT2D eigenvalue weighted by molar-refractivity contribution is -0.113. The van der Waals surface area contributed by atoms with Gasteiger partial charge in [0.25, 0.3) is 5.22 Å². The van der Waals surface area contributed by atoms with Crippen molar-refractivity contribution in [3.05, 3.63) is 42.1 Å². The Morgan fingerprint density at radius 1 is 1.22 bits per heavy atom. The van der Waals surface area contributed by atoms with Crippen LogP contribution in [0.25, 0.3) is 11.2 Å². The van der Waals surface area contributed by atoms with Gasteiger partial charge in [-0.25, -0.2) is 4.98 Å². The highest BCUT2D eigenvalue weighted by molar-refractivity contribution is 7.99. The van der Waals surface area contributed by atoms with Gasteiger partial charge in [-0.05, 0) is 43.3 Å². The van der Waals surface area contributed by atoms with Crippen LogP contribution < -0.4 is 10.1 Å². The second-order valence-corrected chi connectivity index (χ2v) is 5.75. The molecule has 0 atom stereocenters. The minimum absolute atomic E-state index is 0.133. The van der Waals surface area contributed by atoms with Crippen LogP contribution in [0, 0.1) is 6.92 Å². The fourth-order valence-electron chi connectivity index (χ4n) is 1.95. The van der Waals surface area contributed by atoms with Crippen LogP contribution in [0.2, 0.25) is 0 Å². The number of nitrogens with one attached hydrogen (secondary N) is 1. The summed E-state index contributed by atoms with van der Waals surface area (Å²) in [5.41, 5.74) is 2.77. The van der Waals surface area contributed by atoms with Crippen LogP contribution >= 0.6 is 11.8 Å². The van der Waals surface area contributed by atoms with Gasteiger partial charge in [0.2, 0.25) is 5.91 Å². The summed E-state index contributed by atoms with van der Waals surface area (Å²) in [7, 11) is 1.60. The molecule has 0 aliphatic rings. The van der Waals surface area contributed by atoms with Crippen LogP contribution in [-0.2, 0) is 4.79 Å². The molecule has 3 aromatic rings. The summed E-state index contributed by atoms with van der Waals surface area (Å²) >= 11 is 1.23. The third-order valence-electron chi connectivity index (χ3n) is 3.07. The number of rotatable bonds is 5. The van der Waals surface area contributed by atoms with Gasteiger partial charge < -0.3 is 14.5 Å². The first-order chi connectivity index (χ1) is 11.1. The summed E-state index contributed by atoms with van der Waals surface area (Å²) in [5.74, 6) is 0.816. The number of thioether (sulfide) groups is 1. The molecule has 0 aliphatic carbocycles. The first kappa shape index (κ1) is 15.4. The normalized spacial score (nSPS) is 10.7. The monoisotopic (exact) mass is 329 g/mol. The molecule has 0 fully saturated rings. The Morgan fingerprint density at radius 2 is 2.00 bits per heavy atom. The number of benzene rings is 1. The van der Waals surface area contributed by atoms with Crippen LogP contribution in [0.3, 0.4) is 0 Å². The predicted octanol–water partition coefficient (Wildman–Crippen LogP) is 3.27. The number of oxazole rings is 1. The number of aryl methyl sites for hydroxylation is 1. The Balaban J connectivity index is 1.58. The summed E-state index contributed by atoms with van der Waals surface area (Å²) in [5, 5.41) is 3.24. The number of fused-ring (bicyclic) bond motifs is 1. The average Bonchev–Trinajstić information content (AvgIpc) is 2.95. The molecule has 0 bridgehead atoms. The third-order valence-corrected chi connectivity index (χ3v) is 3.90. The van der Waals surface area contributed by atoms with Crippen molar-refractivity contribution in [2.75, 3.05) is 18.2 Å². The van der Waals surface area contributed by atoms with E-state index < -0.39 is 0 Å². The molecule has 1 N–H and O–H groups in total. The Labute approximate surface area is 137 Å². The fraction of sp³-hybridized carbons (Fsp3) is 0.188. The Bertz CT molecular complexity index is 830. The van der Waals surface area contributed by atoms with Crippen molar-refractivity contribution in [2.45, 2.75) is 12.1 Å². The van der Waals surface area contributed by atoms with Gasteiger partial charge in [0.05, 0.1) is 12.9 Å². The molecule has 2 heterocycles. The maximum absolute atomic E-state index is 12.0. The first-order valence-corrected chi connectivity index (χ1v) is 7.93. The van der Waals surface area contributed by atoms with Gasteiger partial charge in [-0.2, -0.15) is 4.98 Å². The van der Waals surface area contributed by atoms with E-state index in [0.717, 1.165) is 11.4 Å². The van der Waals surface area contributed by atoms with Crippen LogP contribution in [0.15, 0.2) is 46.0 Å². The van der Waals surface area contributed by atoms with Crippen LogP contribution in [0.4, 0.5) is 5.69 Å². The highest BCUT2D eigenvalue weighted by Crippen LogP contribution is 2.23. The molecule has 0 saturated carbocycles. The number of hydrogen-bond acceptors (Lipinski definition) is 6. The van der Waals surface area contributed by atoms with Crippen LogP contribution in [0.5, 0.6) is 5.75 Å². The molecule has 118 valence electrons. The van der Waals surface area contributed by atoms with E-state index in [1.807, 2.05) is 19.1 Å². The van der Waals surface area contributed by atoms with E-state index in [0.29, 0.717) is 22.1 Å². The summed E-state index contributed by atoms with van der Waals surface area (Å²) in [6.45, 7) is 1.89. The summed E-state index contributed by atoms with van der Waals surface area (Å²) < 4.78 is 10.6. The topological polar surface area (TPSA) is 77.2 Å². The van der Waals surface area contributed by atoms with Gasteiger partial charge in [0.1, 0.15) is 5.75 Å². The van der Waals surface area contributed by atoms with E-state index in [1.165, 1.54) is 11.8 Å². The van der Waals surface area contributed by atoms with Crippen molar-refractivity contribution in [1.82, 2.24) is 9.97 Å². The number of ether oxygens (including phenoxy) is 1. The van der Waals surface area contributed by atoms with Crippen LogP contribution in [-0.4, -0.2) is 28.7 Å². The molecule has 0 aliphatic heterocycles.